The molecule has 1 aromatic carbocycles. The van der Waals surface area contributed by atoms with Crippen LogP contribution >= 0.6 is 12.4 Å². The Morgan fingerprint density at radius 2 is 1.52 bits per heavy atom. The number of fused-ring (bicyclic) bond motifs is 2. The molecule has 0 spiro atoms. The molecule has 134 valence electrons. The Morgan fingerprint density at radius 1 is 1.00 bits per heavy atom. The van der Waals surface area contributed by atoms with E-state index in [-0.39, 0.29) is 36.7 Å². The van der Waals surface area contributed by atoms with Crippen LogP contribution in [-0.4, -0.2) is 60.2 Å². The van der Waals surface area contributed by atoms with E-state index >= 15 is 0 Å². The van der Waals surface area contributed by atoms with E-state index in [1.165, 1.54) is 0 Å². The van der Waals surface area contributed by atoms with Gasteiger partial charge in [-0.3, -0.25) is 19.3 Å². The highest BCUT2D eigenvalue weighted by molar-refractivity contribution is 6.22. The smallest absolute Gasteiger partial charge is 0.262 e. The maximum absolute atomic E-state index is 12.6. The average Bonchev–Trinajstić information content (AvgIpc) is 3.06. The number of rotatable bonds is 2. The van der Waals surface area contributed by atoms with Crippen LogP contribution in [0.1, 0.15) is 33.6 Å². The number of carbonyl (C=O) groups is 3. The van der Waals surface area contributed by atoms with Gasteiger partial charge < -0.3 is 10.2 Å². The van der Waals surface area contributed by atoms with Gasteiger partial charge in [0.05, 0.1) is 11.1 Å². The molecule has 0 bridgehead atoms. The quantitative estimate of drug-likeness (QED) is 0.801. The summed E-state index contributed by atoms with van der Waals surface area (Å²) in [5.74, 6) is 0.432. The summed E-state index contributed by atoms with van der Waals surface area (Å²) in [5, 5.41) is 3.42. The molecule has 2 atom stereocenters. The highest BCUT2D eigenvalue weighted by Gasteiger charge is 2.38. The molecule has 2 saturated heterocycles. The highest BCUT2D eigenvalue weighted by atomic mass is 35.5. The second-order valence-corrected chi connectivity index (χ2v) is 6.88. The number of imide groups is 1. The van der Waals surface area contributed by atoms with E-state index < -0.39 is 0 Å². The molecule has 25 heavy (non-hydrogen) atoms. The number of carbonyl (C=O) groups excluding carboxylic acids is 3. The van der Waals surface area contributed by atoms with E-state index in [0.717, 1.165) is 30.8 Å². The summed E-state index contributed by atoms with van der Waals surface area (Å²) in [4.78, 5) is 40.3. The van der Waals surface area contributed by atoms with Crippen LogP contribution in [0.4, 0.5) is 0 Å². The Hall–Kier alpha value is -1.92. The van der Waals surface area contributed by atoms with Crippen molar-refractivity contribution in [1.29, 1.82) is 0 Å². The Morgan fingerprint density at radius 3 is 2.04 bits per heavy atom. The average molecular weight is 364 g/mol. The standard InChI is InChI=1S/C18H21N3O3.ClH/c22-16(20-7-5-12-9-19-10-13(12)6-8-20)11-21-17(23)14-3-1-2-4-15(14)18(21)24;/h1-4,12-13,19H,5-11H2;1H/t12-,13+;. The van der Waals surface area contributed by atoms with Crippen molar-refractivity contribution in [2.75, 3.05) is 32.7 Å². The van der Waals surface area contributed by atoms with Gasteiger partial charge in [0.1, 0.15) is 6.54 Å². The van der Waals surface area contributed by atoms with Crippen molar-refractivity contribution >= 4 is 30.1 Å². The normalized spacial score (nSPS) is 25.3. The van der Waals surface area contributed by atoms with Gasteiger partial charge in [0.2, 0.25) is 5.91 Å². The number of nitrogens with zero attached hydrogens (tertiary/aromatic N) is 2. The van der Waals surface area contributed by atoms with Gasteiger partial charge in [-0.15, -0.1) is 12.4 Å². The number of amides is 3. The molecule has 0 aromatic heterocycles. The molecular formula is C18H22ClN3O3. The van der Waals surface area contributed by atoms with Gasteiger partial charge in [0, 0.05) is 13.1 Å². The van der Waals surface area contributed by atoms with Crippen LogP contribution in [0.15, 0.2) is 24.3 Å². The Labute approximate surface area is 153 Å². The third-order valence-corrected chi connectivity index (χ3v) is 5.54. The number of hydrogen-bond donors (Lipinski definition) is 1. The minimum Gasteiger partial charge on any atom is -0.341 e. The number of hydrogen-bond acceptors (Lipinski definition) is 4. The zero-order chi connectivity index (χ0) is 16.7. The minimum absolute atomic E-state index is 0. The van der Waals surface area contributed by atoms with E-state index in [4.69, 9.17) is 0 Å². The summed E-state index contributed by atoms with van der Waals surface area (Å²) in [6, 6.07) is 6.74. The lowest BCUT2D eigenvalue weighted by molar-refractivity contribution is -0.131. The minimum atomic E-state index is -0.361. The summed E-state index contributed by atoms with van der Waals surface area (Å²) in [6.45, 7) is 3.34. The van der Waals surface area contributed by atoms with Gasteiger partial charge >= 0.3 is 0 Å². The zero-order valence-electron chi connectivity index (χ0n) is 13.9. The van der Waals surface area contributed by atoms with Crippen LogP contribution in [-0.2, 0) is 4.79 Å². The first-order valence-electron chi connectivity index (χ1n) is 8.59. The first-order valence-corrected chi connectivity index (χ1v) is 8.59. The molecule has 3 aliphatic rings. The van der Waals surface area contributed by atoms with Crippen molar-refractivity contribution in [2.45, 2.75) is 12.8 Å². The molecule has 3 heterocycles. The van der Waals surface area contributed by atoms with Gasteiger partial charge in [-0.1, -0.05) is 12.1 Å². The summed E-state index contributed by atoms with van der Waals surface area (Å²) in [6.07, 6.45) is 1.98. The summed E-state index contributed by atoms with van der Waals surface area (Å²) < 4.78 is 0. The van der Waals surface area contributed by atoms with E-state index in [9.17, 15) is 14.4 Å². The molecule has 0 radical (unpaired) electrons. The molecule has 3 amide bonds. The fraction of sp³-hybridized carbons (Fsp3) is 0.500. The molecule has 2 fully saturated rings. The largest absolute Gasteiger partial charge is 0.341 e. The van der Waals surface area contributed by atoms with Crippen molar-refractivity contribution in [2.24, 2.45) is 11.8 Å². The van der Waals surface area contributed by atoms with E-state index in [0.29, 0.717) is 36.1 Å². The highest BCUT2D eigenvalue weighted by Crippen LogP contribution is 2.27. The fourth-order valence-electron chi connectivity index (χ4n) is 4.09. The fourth-order valence-corrected chi connectivity index (χ4v) is 4.09. The molecule has 4 rings (SSSR count). The maximum Gasteiger partial charge on any atom is 0.262 e. The van der Waals surface area contributed by atoms with Crippen molar-refractivity contribution < 1.29 is 14.4 Å². The molecule has 0 aliphatic carbocycles. The molecule has 1 aromatic rings. The second-order valence-electron chi connectivity index (χ2n) is 6.88. The topological polar surface area (TPSA) is 69.7 Å². The Balaban J connectivity index is 0.00000182. The lowest BCUT2D eigenvalue weighted by atomic mass is 9.92. The number of nitrogens with one attached hydrogen (secondary N) is 1. The van der Waals surface area contributed by atoms with E-state index in [2.05, 4.69) is 5.32 Å². The Kier molecular flexibility index (Phi) is 5.11. The first-order chi connectivity index (χ1) is 11.6. The van der Waals surface area contributed by atoms with Gasteiger partial charge in [-0.2, -0.15) is 0 Å². The summed E-state index contributed by atoms with van der Waals surface area (Å²) in [7, 11) is 0. The van der Waals surface area contributed by atoms with Crippen LogP contribution in [0, 0.1) is 11.8 Å². The van der Waals surface area contributed by atoms with Crippen LogP contribution in [0.25, 0.3) is 0 Å². The van der Waals surface area contributed by atoms with E-state index in [1.807, 2.05) is 4.90 Å². The van der Waals surface area contributed by atoms with Crippen LogP contribution in [0.5, 0.6) is 0 Å². The van der Waals surface area contributed by atoms with Gasteiger partial charge in [0.15, 0.2) is 0 Å². The van der Waals surface area contributed by atoms with Crippen LogP contribution in [0.2, 0.25) is 0 Å². The van der Waals surface area contributed by atoms with Crippen molar-refractivity contribution in [3.8, 4) is 0 Å². The van der Waals surface area contributed by atoms with Crippen molar-refractivity contribution in [3.63, 3.8) is 0 Å². The van der Waals surface area contributed by atoms with Crippen LogP contribution < -0.4 is 5.32 Å². The maximum atomic E-state index is 12.6. The molecule has 6 nitrogen and oxygen atoms in total. The molecule has 0 unspecified atom stereocenters. The predicted octanol–water partition coefficient (Wildman–Crippen LogP) is 1.16. The lowest BCUT2D eigenvalue weighted by Crippen LogP contribution is -2.43. The SMILES string of the molecule is Cl.O=C(CN1C(=O)c2ccccc2C1=O)N1CC[C@@H]2CNC[C@@H]2CC1. The third-order valence-electron chi connectivity index (χ3n) is 5.54. The van der Waals surface area contributed by atoms with E-state index in [1.54, 1.807) is 24.3 Å². The molecule has 0 saturated carbocycles. The van der Waals surface area contributed by atoms with Crippen molar-refractivity contribution in [1.82, 2.24) is 15.1 Å². The number of likely N-dealkylation sites (tertiary alicyclic amines) is 1. The predicted molar refractivity (Wildman–Crippen MR) is 94.7 cm³/mol. The first kappa shape index (κ1) is 17.9. The van der Waals surface area contributed by atoms with Crippen molar-refractivity contribution in [3.05, 3.63) is 35.4 Å². The molecule has 7 heteroatoms. The zero-order valence-corrected chi connectivity index (χ0v) is 14.8. The number of benzene rings is 1. The summed E-state index contributed by atoms with van der Waals surface area (Å²) >= 11 is 0. The molecule has 3 aliphatic heterocycles. The monoisotopic (exact) mass is 363 g/mol. The van der Waals surface area contributed by atoms with Gasteiger partial charge in [0.25, 0.3) is 11.8 Å². The Bertz CT molecular complexity index is 660. The van der Waals surface area contributed by atoms with Crippen LogP contribution in [0.3, 0.4) is 0 Å². The molecular weight excluding hydrogens is 342 g/mol. The lowest BCUT2D eigenvalue weighted by Gasteiger charge is -2.23. The second kappa shape index (κ2) is 7.14. The molecule has 1 N–H and O–H groups in total. The number of halogens is 1. The summed E-state index contributed by atoms with van der Waals surface area (Å²) in [5.41, 5.74) is 0.790. The van der Waals surface area contributed by atoms with Gasteiger partial charge in [-0.05, 0) is 49.9 Å². The van der Waals surface area contributed by atoms with Gasteiger partial charge in [-0.25, -0.2) is 0 Å². The third kappa shape index (κ3) is 3.16.